The molecule has 0 fully saturated rings. The number of rotatable bonds is 3. The molecule has 0 amide bonds. The van der Waals surface area contributed by atoms with E-state index in [4.69, 9.17) is 4.98 Å². The Kier molecular flexibility index (Phi) is 4.73. The SMILES string of the molecule is c1ccc(-c2cccc3c2sc2c(-c4ccccn4)cc4c5ccccc5n(-c5ccccc5)c4c23)cc1. The third-order valence-corrected chi connectivity index (χ3v) is 8.71. The van der Waals surface area contributed by atoms with Gasteiger partial charge in [0.2, 0.25) is 0 Å². The van der Waals surface area contributed by atoms with Crippen LogP contribution in [0.15, 0.2) is 134 Å². The van der Waals surface area contributed by atoms with E-state index < -0.39 is 0 Å². The van der Waals surface area contributed by atoms with E-state index in [1.165, 1.54) is 64.4 Å². The van der Waals surface area contributed by atoms with E-state index in [-0.39, 0.29) is 0 Å². The summed E-state index contributed by atoms with van der Waals surface area (Å²) in [6, 6.07) is 45.5. The zero-order chi connectivity index (χ0) is 25.1. The minimum absolute atomic E-state index is 1.00. The third kappa shape index (κ3) is 3.09. The van der Waals surface area contributed by atoms with Gasteiger partial charge in [-0.2, -0.15) is 0 Å². The average Bonchev–Trinajstić information content (AvgIpc) is 3.54. The molecule has 0 aliphatic carbocycles. The highest BCUT2D eigenvalue weighted by Crippen LogP contribution is 2.49. The number of benzene rings is 5. The lowest BCUT2D eigenvalue weighted by molar-refractivity contribution is 1.19. The molecule has 38 heavy (non-hydrogen) atoms. The first-order chi connectivity index (χ1) is 18.9. The lowest BCUT2D eigenvalue weighted by atomic mass is 9.99. The lowest BCUT2D eigenvalue weighted by Gasteiger charge is -2.10. The van der Waals surface area contributed by atoms with Crippen molar-refractivity contribution in [2.45, 2.75) is 0 Å². The molecule has 0 radical (unpaired) electrons. The normalized spacial score (nSPS) is 11.7. The van der Waals surface area contributed by atoms with E-state index >= 15 is 0 Å². The first kappa shape index (κ1) is 21.4. The monoisotopic (exact) mass is 502 g/mol. The molecule has 0 spiro atoms. The molecule has 0 saturated heterocycles. The van der Waals surface area contributed by atoms with Crippen LogP contribution in [0.5, 0.6) is 0 Å². The van der Waals surface area contributed by atoms with Crippen molar-refractivity contribution >= 4 is 53.3 Å². The maximum absolute atomic E-state index is 4.80. The smallest absolute Gasteiger partial charge is 0.0716 e. The molecule has 0 unspecified atom stereocenters. The summed E-state index contributed by atoms with van der Waals surface area (Å²) < 4.78 is 5.02. The van der Waals surface area contributed by atoms with Gasteiger partial charge in [-0.3, -0.25) is 4.98 Å². The Morgan fingerprint density at radius 2 is 1.29 bits per heavy atom. The van der Waals surface area contributed by atoms with Crippen LogP contribution >= 0.6 is 11.3 Å². The third-order valence-electron chi connectivity index (χ3n) is 7.44. The number of thiophene rings is 1. The van der Waals surface area contributed by atoms with Gasteiger partial charge < -0.3 is 4.57 Å². The molecule has 178 valence electrons. The van der Waals surface area contributed by atoms with Gasteiger partial charge in [-0.1, -0.05) is 91.0 Å². The summed E-state index contributed by atoms with van der Waals surface area (Å²) in [5, 5.41) is 5.08. The van der Waals surface area contributed by atoms with E-state index in [0.717, 1.165) is 5.69 Å². The van der Waals surface area contributed by atoms with Crippen molar-refractivity contribution in [3.8, 4) is 28.1 Å². The van der Waals surface area contributed by atoms with Gasteiger partial charge in [0.25, 0.3) is 0 Å². The quantitative estimate of drug-likeness (QED) is 0.235. The van der Waals surface area contributed by atoms with Gasteiger partial charge in [0.1, 0.15) is 0 Å². The predicted molar refractivity (Wildman–Crippen MR) is 162 cm³/mol. The van der Waals surface area contributed by atoms with Gasteiger partial charge in [0, 0.05) is 48.4 Å². The van der Waals surface area contributed by atoms with Crippen molar-refractivity contribution in [2.75, 3.05) is 0 Å². The Hall–Kier alpha value is -4.73. The van der Waals surface area contributed by atoms with E-state index in [0.29, 0.717) is 0 Å². The molecule has 0 bridgehead atoms. The van der Waals surface area contributed by atoms with Crippen molar-refractivity contribution in [1.82, 2.24) is 9.55 Å². The highest BCUT2D eigenvalue weighted by atomic mass is 32.1. The van der Waals surface area contributed by atoms with Crippen molar-refractivity contribution in [1.29, 1.82) is 0 Å². The molecule has 5 aromatic carbocycles. The van der Waals surface area contributed by atoms with Crippen LogP contribution in [0.4, 0.5) is 0 Å². The second-order valence-corrected chi connectivity index (χ2v) is 10.6. The Balaban J connectivity index is 1.63. The molecule has 0 saturated carbocycles. The first-order valence-corrected chi connectivity index (χ1v) is 13.6. The molecule has 8 rings (SSSR count). The number of hydrogen-bond donors (Lipinski definition) is 0. The van der Waals surface area contributed by atoms with Gasteiger partial charge in [0.05, 0.1) is 16.7 Å². The van der Waals surface area contributed by atoms with Gasteiger partial charge >= 0.3 is 0 Å². The van der Waals surface area contributed by atoms with Gasteiger partial charge in [-0.15, -0.1) is 11.3 Å². The second-order valence-electron chi connectivity index (χ2n) is 9.58. The van der Waals surface area contributed by atoms with E-state index in [1.54, 1.807) is 0 Å². The largest absolute Gasteiger partial charge is 0.309 e. The van der Waals surface area contributed by atoms with Crippen LogP contribution in [0.3, 0.4) is 0 Å². The second kappa shape index (κ2) is 8.41. The Bertz CT molecular complexity index is 2100. The number of para-hydroxylation sites is 2. The molecule has 0 atom stereocenters. The summed E-state index contributed by atoms with van der Waals surface area (Å²) in [6.07, 6.45) is 1.89. The summed E-state index contributed by atoms with van der Waals surface area (Å²) in [5.41, 5.74) is 8.34. The molecule has 3 heterocycles. The average molecular weight is 503 g/mol. The summed E-state index contributed by atoms with van der Waals surface area (Å²) in [4.78, 5) is 4.80. The van der Waals surface area contributed by atoms with Gasteiger partial charge in [-0.25, -0.2) is 0 Å². The van der Waals surface area contributed by atoms with Crippen LogP contribution in [0.25, 0.3) is 70.0 Å². The fourth-order valence-electron chi connectivity index (χ4n) is 5.81. The molecule has 3 aromatic heterocycles. The van der Waals surface area contributed by atoms with Crippen LogP contribution in [0.1, 0.15) is 0 Å². The number of hydrogen-bond acceptors (Lipinski definition) is 2. The van der Waals surface area contributed by atoms with Gasteiger partial charge in [0.15, 0.2) is 0 Å². The summed E-state index contributed by atoms with van der Waals surface area (Å²) in [7, 11) is 0. The van der Waals surface area contributed by atoms with E-state index in [9.17, 15) is 0 Å². The van der Waals surface area contributed by atoms with Crippen LogP contribution in [0, 0.1) is 0 Å². The first-order valence-electron chi connectivity index (χ1n) is 12.8. The van der Waals surface area contributed by atoms with E-state index in [1.807, 2.05) is 23.6 Å². The Morgan fingerprint density at radius 1 is 0.553 bits per heavy atom. The summed E-state index contributed by atoms with van der Waals surface area (Å²) >= 11 is 1.88. The molecule has 8 aromatic rings. The molecule has 3 heteroatoms. The molecule has 0 aliphatic heterocycles. The summed E-state index contributed by atoms with van der Waals surface area (Å²) in [5.74, 6) is 0. The van der Waals surface area contributed by atoms with Crippen molar-refractivity contribution in [3.05, 3.63) is 134 Å². The summed E-state index contributed by atoms with van der Waals surface area (Å²) in [6.45, 7) is 0. The maximum atomic E-state index is 4.80. The maximum Gasteiger partial charge on any atom is 0.0716 e. The zero-order valence-corrected chi connectivity index (χ0v) is 21.3. The molecule has 0 aliphatic rings. The number of fused-ring (bicyclic) bond motifs is 7. The topological polar surface area (TPSA) is 17.8 Å². The number of aromatic nitrogens is 2. The van der Waals surface area contributed by atoms with Crippen LogP contribution in [-0.4, -0.2) is 9.55 Å². The molecular weight excluding hydrogens is 480 g/mol. The highest BCUT2D eigenvalue weighted by molar-refractivity contribution is 7.27. The van der Waals surface area contributed by atoms with Crippen LogP contribution in [-0.2, 0) is 0 Å². The molecule has 0 N–H and O–H groups in total. The molecule has 2 nitrogen and oxygen atoms in total. The standard InChI is InChI=1S/C35H22N2S/c1-3-12-23(13-4-1)25-17-11-18-27-32-33-28(22-29(35(32)38-34(25)27)30-19-9-10-21-36-30)26-16-7-8-20-31(26)37(33)24-14-5-2-6-15-24/h1-22H. The minimum atomic E-state index is 1.00. The van der Waals surface area contributed by atoms with Crippen LogP contribution in [0.2, 0.25) is 0 Å². The van der Waals surface area contributed by atoms with Crippen molar-refractivity contribution in [3.63, 3.8) is 0 Å². The fraction of sp³-hybridized carbons (Fsp3) is 0. The number of nitrogens with zero attached hydrogens (tertiary/aromatic N) is 2. The van der Waals surface area contributed by atoms with Crippen molar-refractivity contribution < 1.29 is 0 Å². The lowest BCUT2D eigenvalue weighted by Crippen LogP contribution is -1.94. The van der Waals surface area contributed by atoms with Crippen molar-refractivity contribution in [2.24, 2.45) is 0 Å². The van der Waals surface area contributed by atoms with Gasteiger partial charge in [-0.05, 0) is 47.5 Å². The fourth-order valence-corrected chi connectivity index (χ4v) is 7.18. The van der Waals surface area contributed by atoms with E-state index in [2.05, 4.69) is 126 Å². The molecular formula is C35H22N2S. The minimum Gasteiger partial charge on any atom is -0.309 e. The number of pyridine rings is 1. The van der Waals surface area contributed by atoms with Crippen LogP contribution < -0.4 is 0 Å². The Labute approximate surface area is 224 Å². The Morgan fingerprint density at radius 3 is 2.11 bits per heavy atom. The highest BCUT2D eigenvalue weighted by Gasteiger charge is 2.22. The predicted octanol–water partition coefficient (Wildman–Crippen LogP) is 9.88. The zero-order valence-electron chi connectivity index (χ0n) is 20.5.